The molecule has 1 heterocycles. The van der Waals surface area contributed by atoms with Gasteiger partial charge in [-0.2, -0.15) is 0 Å². The lowest BCUT2D eigenvalue weighted by Crippen LogP contribution is -2.32. The summed E-state index contributed by atoms with van der Waals surface area (Å²) >= 11 is 4.67. The van der Waals surface area contributed by atoms with E-state index in [1.165, 1.54) is 11.3 Å². The van der Waals surface area contributed by atoms with Crippen LogP contribution < -0.4 is 5.32 Å². The second-order valence-electron chi connectivity index (χ2n) is 4.01. The van der Waals surface area contributed by atoms with Gasteiger partial charge in [0.2, 0.25) is 5.91 Å². The van der Waals surface area contributed by atoms with Gasteiger partial charge in [-0.1, -0.05) is 13.8 Å². The van der Waals surface area contributed by atoms with E-state index in [-0.39, 0.29) is 12.3 Å². The first-order chi connectivity index (χ1) is 7.31. The topological polar surface area (TPSA) is 66.4 Å². The van der Waals surface area contributed by atoms with Crippen molar-refractivity contribution in [1.82, 2.24) is 0 Å². The average molecular weight is 306 g/mol. The van der Waals surface area contributed by atoms with E-state index in [0.717, 1.165) is 3.79 Å². The zero-order chi connectivity index (χ0) is 12.3. The number of carboxylic acids is 1. The molecule has 0 spiro atoms. The van der Waals surface area contributed by atoms with Crippen LogP contribution in [0.3, 0.4) is 0 Å². The zero-order valence-corrected chi connectivity index (χ0v) is 11.3. The molecule has 0 fully saturated rings. The van der Waals surface area contributed by atoms with E-state index >= 15 is 0 Å². The standard InChI is InChI=1S/C10H12BrNO3S/c1-10(2,5-8(13)14)9(15)12-7-4-3-6(11)16-7/h3-4H,5H2,1-2H3,(H,12,15)(H,13,14). The Labute approximate surface area is 106 Å². The fourth-order valence-corrected chi connectivity index (χ4v) is 2.40. The van der Waals surface area contributed by atoms with Gasteiger partial charge < -0.3 is 10.4 Å². The van der Waals surface area contributed by atoms with Crippen molar-refractivity contribution in [2.24, 2.45) is 5.41 Å². The monoisotopic (exact) mass is 305 g/mol. The van der Waals surface area contributed by atoms with Crippen LogP contribution >= 0.6 is 27.3 Å². The third-order valence-electron chi connectivity index (χ3n) is 2.02. The summed E-state index contributed by atoms with van der Waals surface area (Å²) in [5.41, 5.74) is -0.914. The molecule has 0 aromatic carbocycles. The number of rotatable bonds is 4. The van der Waals surface area contributed by atoms with Crippen LogP contribution in [0.4, 0.5) is 5.00 Å². The maximum atomic E-state index is 11.8. The molecule has 1 rings (SSSR count). The van der Waals surface area contributed by atoms with E-state index in [0.29, 0.717) is 5.00 Å². The Balaban J connectivity index is 2.68. The number of anilines is 1. The number of aliphatic carboxylic acids is 1. The van der Waals surface area contributed by atoms with Gasteiger partial charge in [-0.15, -0.1) is 11.3 Å². The number of hydrogen-bond donors (Lipinski definition) is 2. The van der Waals surface area contributed by atoms with Crippen LogP contribution in [0.15, 0.2) is 15.9 Å². The molecule has 16 heavy (non-hydrogen) atoms. The molecule has 1 aromatic rings. The molecule has 6 heteroatoms. The SMILES string of the molecule is CC(C)(CC(=O)O)C(=O)Nc1ccc(Br)s1. The lowest BCUT2D eigenvalue weighted by Gasteiger charge is -2.20. The Morgan fingerprint density at radius 1 is 1.50 bits per heavy atom. The van der Waals surface area contributed by atoms with Gasteiger partial charge in [0.1, 0.15) is 0 Å². The van der Waals surface area contributed by atoms with Gasteiger partial charge >= 0.3 is 5.97 Å². The quantitative estimate of drug-likeness (QED) is 0.899. The molecule has 0 aliphatic rings. The van der Waals surface area contributed by atoms with E-state index in [4.69, 9.17) is 5.11 Å². The summed E-state index contributed by atoms with van der Waals surface area (Å²) in [6.45, 7) is 3.22. The smallest absolute Gasteiger partial charge is 0.304 e. The Hall–Kier alpha value is -0.880. The highest BCUT2D eigenvalue weighted by Gasteiger charge is 2.30. The summed E-state index contributed by atoms with van der Waals surface area (Å²) in [7, 11) is 0. The van der Waals surface area contributed by atoms with E-state index in [9.17, 15) is 9.59 Å². The number of carboxylic acid groups (broad SMARTS) is 1. The summed E-state index contributed by atoms with van der Waals surface area (Å²) in [4.78, 5) is 22.4. The van der Waals surface area contributed by atoms with Crippen molar-refractivity contribution in [3.8, 4) is 0 Å². The maximum absolute atomic E-state index is 11.8. The lowest BCUT2D eigenvalue weighted by atomic mass is 9.88. The molecule has 0 aliphatic heterocycles. The van der Waals surface area contributed by atoms with Crippen molar-refractivity contribution < 1.29 is 14.7 Å². The van der Waals surface area contributed by atoms with Crippen molar-refractivity contribution in [2.75, 3.05) is 5.32 Å². The highest BCUT2D eigenvalue weighted by molar-refractivity contribution is 9.11. The average Bonchev–Trinajstić information content (AvgIpc) is 2.48. The predicted octanol–water partition coefficient (Wildman–Crippen LogP) is 2.95. The van der Waals surface area contributed by atoms with Gasteiger partial charge in [0, 0.05) is 0 Å². The number of hydrogen-bond acceptors (Lipinski definition) is 3. The normalized spacial score (nSPS) is 11.2. The third kappa shape index (κ3) is 3.61. The molecule has 1 amide bonds. The molecule has 0 atom stereocenters. The van der Waals surface area contributed by atoms with Gasteiger partial charge in [-0.05, 0) is 28.1 Å². The summed E-state index contributed by atoms with van der Waals surface area (Å²) in [5.74, 6) is -1.27. The third-order valence-corrected chi connectivity index (χ3v) is 3.56. The second kappa shape index (κ2) is 4.97. The highest BCUT2D eigenvalue weighted by atomic mass is 79.9. The van der Waals surface area contributed by atoms with Crippen LogP contribution in [0.1, 0.15) is 20.3 Å². The van der Waals surface area contributed by atoms with E-state index in [2.05, 4.69) is 21.2 Å². The number of nitrogens with one attached hydrogen (secondary N) is 1. The first-order valence-electron chi connectivity index (χ1n) is 4.60. The highest BCUT2D eigenvalue weighted by Crippen LogP contribution is 2.29. The minimum absolute atomic E-state index is 0.189. The van der Waals surface area contributed by atoms with Crippen molar-refractivity contribution in [1.29, 1.82) is 0 Å². The minimum Gasteiger partial charge on any atom is -0.481 e. The second-order valence-corrected chi connectivity index (χ2v) is 6.48. The van der Waals surface area contributed by atoms with Crippen molar-refractivity contribution in [3.63, 3.8) is 0 Å². The fourth-order valence-electron chi connectivity index (χ4n) is 1.12. The summed E-state index contributed by atoms with van der Waals surface area (Å²) in [6.07, 6.45) is -0.189. The summed E-state index contributed by atoms with van der Waals surface area (Å²) in [6, 6.07) is 3.59. The van der Waals surface area contributed by atoms with Crippen LogP contribution in [0.5, 0.6) is 0 Å². The van der Waals surface area contributed by atoms with Crippen LogP contribution in [0.2, 0.25) is 0 Å². The molecule has 0 saturated carbocycles. The van der Waals surface area contributed by atoms with Gasteiger partial charge in [-0.3, -0.25) is 9.59 Å². The zero-order valence-electron chi connectivity index (χ0n) is 8.91. The first kappa shape index (κ1) is 13.2. The van der Waals surface area contributed by atoms with Gasteiger partial charge in [-0.25, -0.2) is 0 Å². The van der Waals surface area contributed by atoms with Crippen molar-refractivity contribution in [2.45, 2.75) is 20.3 Å². The van der Waals surface area contributed by atoms with Gasteiger partial charge in [0.15, 0.2) is 0 Å². The van der Waals surface area contributed by atoms with Crippen LogP contribution in [-0.2, 0) is 9.59 Å². The molecule has 0 saturated heterocycles. The molecular weight excluding hydrogens is 294 g/mol. The Bertz CT molecular complexity index is 414. The largest absolute Gasteiger partial charge is 0.481 e. The Kier molecular flexibility index (Phi) is 4.09. The lowest BCUT2D eigenvalue weighted by molar-refractivity contribution is -0.142. The molecule has 2 N–H and O–H groups in total. The van der Waals surface area contributed by atoms with Crippen LogP contribution in [0, 0.1) is 5.41 Å². The fraction of sp³-hybridized carbons (Fsp3) is 0.400. The van der Waals surface area contributed by atoms with Crippen molar-refractivity contribution >= 4 is 44.1 Å². The molecule has 0 aliphatic carbocycles. The van der Waals surface area contributed by atoms with E-state index < -0.39 is 11.4 Å². The number of carbonyl (C=O) groups excluding carboxylic acids is 1. The molecule has 0 unspecified atom stereocenters. The van der Waals surface area contributed by atoms with Gasteiger partial charge in [0.05, 0.1) is 20.6 Å². The number of carbonyl (C=O) groups is 2. The number of thiophene rings is 1. The molecular formula is C10H12BrNO3S. The van der Waals surface area contributed by atoms with E-state index in [1.807, 2.05) is 6.07 Å². The van der Waals surface area contributed by atoms with E-state index in [1.54, 1.807) is 19.9 Å². The molecule has 0 radical (unpaired) electrons. The van der Waals surface area contributed by atoms with Crippen LogP contribution in [-0.4, -0.2) is 17.0 Å². The molecule has 4 nitrogen and oxygen atoms in total. The van der Waals surface area contributed by atoms with Gasteiger partial charge in [0.25, 0.3) is 0 Å². The molecule has 0 bridgehead atoms. The molecule has 1 aromatic heterocycles. The van der Waals surface area contributed by atoms with Crippen molar-refractivity contribution in [3.05, 3.63) is 15.9 Å². The summed E-state index contributed by atoms with van der Waals surface area (Å²) in [5, 5.41) is 12.1. The van der Waals surface area contributed by atoms with Crippen LogP contribution in [0.25, 0.3) is 0 Å². The maximum Gasteiger partial charge on any atom is 0.304 e. The first-order valence-corrected chi connectivity index (χ1v) is 6.21. The molecule has 88 valence electrons. The predicted molar refractivity (Wildman–Crippen MR) is 66.7 cm³/mol. The minimum atomic E-state index is -0.979. The Morgan fingerprint density at radius 3 is 2.56 bits per heavy atom. The summed E-state index contributed by atoms with van der Waals surface area (Å²) < 4.78 is 0.916. The number of halogens is 1. The Morgan fingerprint density at radius 2 is 2.12 bits per heavy atom. The number of amides is 1.